The Morgan fingerprint density at radius 2 is 2.05 bits per heavy atom. The van der Waals surface area contributed by atoms with Crippen LogP contribution in [0.25, 0.3) is 5.57 Å². The molecule has 1 aliphatic rings. The van der Waals surface area contributed by atoms with Crippen molar-refractivity contribution in [2.24, 2.45) is 0 Å². The minimum atomic E-state index is 0.636. The first-order valence-electron chi connectivity index (χ1n) is 7.81. The molecular weight excluding hydrogens is 272 g/mol. The van der Waals surface area contributed by atoms with Gasteiger partial charge in [-0.25, -0.2) is 0 Å². The van der Waals surface area contributed by atoms with Gasteiger partial charge in [0, 0.05) is 18.3 Å². The number of nitrogen functional groups attached to an aromatic ring is 1. The summed E-state index contributed by atoms with van der Waals surface area (Å²) in [5, 5.41) is 3.46. The molecule has 0 unspecified atom stereocenters. The number of rotatable bonds is 6. The largest absolute Gasteiger partial charge is 0.492 e. The third kappa shape index (κ3) is 3.08. The van der Waals surface area contributed by atoms with Gasteiger partial charge in [0.25, 0.3) is 0 Å². The van der Waals surface area contributed by atoms with E-state index in [4.69, 9.17) is 10.5 Å². The minimum absolute atomic E-state index is 0.636. The zero-order chi connectivity index (χ0) is 15.4. The molecule has 3 heteroatoms. The topological polar surface area (TPSA) is 47.3 Å². The highest BCUT2D eigenvalue weighted by Gasteiger charge is 2.12. The number of fused-ring (bicyclic) bond motifs is 1. The molecule has 3 rings (SSSR count). The Bertz CT molecular complexity index is 692. The normalized spacial score (nSPS) is 12.7. The highest BCUT2D eigenvalue weighted by atomic mass is 16.5. The molecule has 0 aliphatic heterocycles. The van der Waals surface area contributed by atoms with Crippen molar-refractivity contribution in [3.05, 3.63) is 59.7 Å². The van der Waals surface area contributed by atoms with Crippen LogP contribution >= 0.6 is 0 Å². The van der Waals surface area contributed by atoms with Gasteiger partial charge in [-0.1, -0.05) is 30.3 Å². The number of nitrogens with one attached hydrogen (secondary N) is 1. The maximum Gasteiger partial charge on any atom is 0.144 e. The molecule has 2 aromatic rings. The van der Waals surface area contributed by atoms with Crippen LogP contribution in [-0.2, 0) is 6.42 Å². The van der Waals surface area contributed by atoms with Crippen molar-refractivity contribution < 1.29 is 4.74 Å². The van der Waals surface area contributed by atoms with E-state index < -0.39 is 0 Å². The molecule has 0 fully saturated rings. The molecule has 114 valence electrons. The fraction of sp³-hybridized carbons (Fsp3) is 0.263. The highest BCUT2D eigenvalue weighted by Crippen LogP contribution is 2.31. The number of allylic oxidation sites excluding steroid dienone is 1. The van der Waals surface area contributed by atoms with Crippen molar-refractivity contribution in [1.82, 2.24) is 0 Å². The van der Waals surface area contributed by atoms with Gasteiger partial charge in [-0.2, -0.15) is 0 Å². The van der Waals surface area contributed by atoms with Gasteiger partial charge in [0.2, 0.25) is 0 Å². The van der Waals surface area contributed by atoms with E-state index in [1.807, 2.05) is 25.1 Å². The Labute approximate surface area is 131 Å². The molecule has 0 amide bonds. The summed E-state index contributed by atoms with van der Waals surface area (Å²) >= 11 is 0. The maximum absolute atomic E-state index is 5.82. The maximum atomic E-state index is 5.82. The lowest BCUT2D eigenvalue weighted by Crippen LogP contribution is -2.05. The molecule has 1 aliphatic carbocycles. The quantitative estimate of drug-likeness (QED) is 0.788. The predicted molar refractivity (Wildman–Crippen MR) is 93.3 cm³/mol. The number of hydrogen-bond acceptors (Lipinski definition) is 3. The number of hydrogen-bond donors (Lipinski definition) is 2. The average molecular weight is 294 g/mol. The van der Waals surface area contributed by atoms with E-state index in [-0.39, 0.29) is 0 Å². The summed E-state index contributed by atoms with van der Waals surface area (Å²) in [6.45, 7) is 3.49. The van der Waals surface area contributed by atoms with Gasteiger partial charge < -0.3 is 15.8 Å². The smallest absolute Gasteiger partial charge is 0.144 e. The fourth-order valence-corrected chi connectivity index (χ4v) is 2.88. The summed E-state index contributed by atoms with van der Waals surface area (Å²) in [6, 6.07) is 14.4. The number of anilines is 2. The van der Waals surface area contributed by atoms with Crippen LogP contribution in [0.1, 0.15) is 24.5 Å². The van der Waals surface area contributed by atoms with Gasteiger partial charge >= 0.3 is 0 Å². The van der Waals surface area contributed by atoms with Crippen molar-refractivity contribution in [2.75, 3.05) is 24.2 Å². The Kier molecular flexibility index (Phi) is 4.33. The van der Waals surface area contributed by atoms with Crippen LogP contribution in [0.2, 0.25) is 0 Å². The van der Waals surface area contributed by atoms with E-state index in [2.05, 4.69) is 35.7 Å². The molecule has 3 N–H and O–H groups in total. The summed E-state index contributed by atoms with van der Waals surface area (Å²) in [6.07, 6.45) is 4.39. The summed E-state index contributed by atoms with van der Waals surface area (Å²) in [5.74, 6) is 0.823. The highest BCUT2D eigenvalue weighted by molar-refractivity contribution is 5.73. The van der Waals surface area contributed by atoms with Crippen molar-refractivity contribution in [3.63, 3.8) is 0 Å². The molecule has 2 aromatic carbocycles. The van der Waals surface area contributed by atoms with Crippen molar-refractivity contribution in [1.29, 1.82) is 0 Å². The van der Waals surface area contributed by atoms with Gasteiger partial charge in [-0.15, -0.1) is 0 Å². The Morgan fingerprint density at radius 3 is 2.91 bits per heavy atom. The Morgan fingerprint density at radius 1 is 1.18 bits per heavy atom. The number of ether oxygens (including phenoxy) is 1. The summed E-state index contributed by atoms with van der Waals surface area (Å²) < 4.78 is 5.64. The molecule has 0 atom stereocenters. The van der Waals surface area contributed by atoms with Crippen molar-refractivity contribution in [2.45, 2.75) is 19.8 Å². The molecule has 0 aromatic heterocycles. The van der Waals surface area contributed by atoms with Gasteiger partial charge in [0.1, 0.15) is 5.75 Å². The van der Waals surface area contributed by atoms with E-state index in [1.165, 1.54) is 16.7 Å². The van der Waals surface area contributed by atoms with E-state index in [1.54, 1.807) is 0 Å². The van der Waals surface area contributed by atoms with Crippen LogP contribution in [0.3, 0.4) is 0 Å². The van der Waals surface area contributed by atoms with Gasteiger partial charge in [-0.05, 0) is 48.6 Å². The Balaban J connectivity index is 1.63. The standard InChI is InChI=1S/C19H22N2O/c1-2-22-19-13-16(20)9-10-18(19)21-12-11-15-8-7-14-5-3-4-6-17(14)15/h3-6,8-10,13,21H,2,7,11-12,20H2,1H3. The third-order valence-electron chi connectivity index (χ3n) is 3.95. The zero-order valence-corrected chi connectivity index (χ0v) is 12.9. The second-order valence-electron chi connectivity index (χ2n) is 5.46. The molecule has 0 saturated carbocycles. The van der Waals surface area contributed by atoms with E-state index in [0.29, 0.717) is 6.61 Å². The van der Waals surface area contributed by atoms with Crippen LogP contribution in [0.5, 0.6) is 5.75 Å². The van der Waals surface area contributed by atoms with Crippen molar-refractivity contribution >= 4 is 16.9 Å². The van der Waals surface area contributed by atoms with Crippen LogP contribution in [0.15, 0.2) is 48.5 Å². The van der Waals surface area contributed by atoms with Crippen LogP contribution < -0.4 is 15.8 Å². The average Bonchev–Trinajstić information content (AvgIpc) is 2.93. The molecule has 0 spiro atoms. The number of benzene rings is 2. The van der Waals surface area contributed by atoms with E-state index in [9.17, 15) is 0 Å². The first kappa shape index (κ1) is 14.5. The van der Waals surface area contributed by atoms with Crippen LogP contribution in [0.4, 0.5) is 11.4 Å². The van der Waals surface area contributed by atoms with Crippen molar-refractivity contribution in [3.8, 4) is 5.75 Å². The van der Waals surface area contributed by atoms with E-state index in [0.717, 1.165) is 36.5 Å². The molecule has 0 bridgehead atoms. The minimum Gasteiger partial charge on any atom is -0.492 e. The lowest BCUT2D eigenvalue weighted by atomic mass is 10.0. The van der Waals surface area contributed by atoms with Crippen LogP contribution in [0, 0.1) is 0 Å². The lowest BCUT2D eigenvalue weighted by Gasteiger charge is -2.13. The second-order valence-corrected chi connectivity index (χ2v) is 5.46. The summed E-state index contributed by atoms with van der Waals surface area (Å²) in [4.78, 5) is 0. The molecule has 0 radical (unpaired) electrons. The second kappa shape index (κ2) is 6.56. The van der Waals surface area contributed by atoms with E-state index >= 15 is 0 Å². The zero-order valence-electron chi connectivity index (χ0n) is 12.9. The first-order valence-corrected chi connectivity index (χ1v) is 7.81. The monoisotopic (exact) mass is 294 g/mol. The summed E-state index contributed by atoms with van der Waals surface area (Å²) in [7, 11) is 0. The SMILES string of the molecule is CCOc1cc(N)ccc1NCCC1=CCc2ccccc21. The first-order chi connectivity index (χ1) is 10.8. The molecule has 3 nitrogen and oxygen atoms in total. The molecule has 0 heterocycles. The molecule has 22 heavy (non-hydrogen) atoms. The van der Waals surface area contributed by atoms with Gasteiger partial charge in [0.15, 0.2) is 0 Å². The van der Waals surface area contributed by atoms with Gasteiger partial charge in [0.05, 0.1) is 12.3 Å². The predicted octanol–water partition coefficient (Wildman–Crippen LogP) is 4.11. The lowest BCUT2D eigenvalue weighted by molar-refractivity contribution is 0.342. The number of nitrogens with two attached hydrogens (primary N) is 1. The van der Waals surface area contributed by atoms with Gasteiger partial charge in [-0.3, -0.25) is 0 Å². The fourth-order valence-electron chi connectivity index (χ4n) is 2.88. The van der Waals surface area contributed by atoms with Crippen LogP contribution in [-0.4, -0.2) is 13.2 Å². The third-order valence-corrected chi connectivity index (χ3v) is 3.95. The Hall–Kier alpha value is -2.42. The molecular formula is C19H22N2O. The molecule has 0 saturated heterocycles. The summed E-state index contributed by atoms with van der Waals surface area (Å²) in [5.41, 5.74) is 11.8.